The zero-order chi connectivity index (χ0) is 13.3. The molecule has 19 heavy (non-hydrogen) atoms. The van der Waals surface area contributed by atoms with Crippen molar-refractivity contribution in [1.29, 1.82) is 0 Å². The molecule has 1 aliphatic carbocycles. The second kappa shape index (κ2) is 5.34. The van der Waals surface area contributed by atoms with Gasteiger partial charge in [0.2, 0.25) is 0 Å². The van der Waals surface area contributed by atoms with Crippen molar-refractivity contribution in [3.05, 3.63) is 28.8 Å². The minimum absolute atomic E-state index is 0.338. The highest BCUT2D eigenvalue weighted by Gasteiger charge is 2.36. The lowest BCUT2D eigenvalue weighted by Gasteiger charge is -2.34. The molecule has 1 aromatic rings. The van der Waals surface area contributed by atoms with Gasteiger partial charge in [0.05, 0.1) is 10.7 Å². The lowest BCUT2D eigenvalue weighted by atomic mass is 9.97. The Hall–Kier alpha value is -0.730. The molecular weight excluding hydrogens is 256 g/mol. The number of nitrogens with zero attached hydrogens (tertiary/aromatic N) is 1. The maximum absolute atomic E-state index is 6.45. The summed E-state index contributed by atoms with van der Waals surface area (Å²) in [6.07, 6.45) is 6.55. The van der Waals surface area contributed by atoms with Crippen LogP contribution in [0.1, 0.15) is 37.7 Å². The zero-order valence-electron chi connectivity index (χ0n) is 11.7. The first-order valence-corrected chi connectivity index (χ1v) is 7.83. The minimum Gasteiger partial charge on any atom is -0.368 e. The van der Waals surface area contributed by atoms with Gasteiger partial charge >= 0.3 is 0 Å². The molecule has 1 heterocycles. The topological polar surface area (TPSA) is 15.3 Å². The van der Waals surface area contributed by atoms with E-state index in [4.69, 9.17) is 11.6 Å². The van der Waals surface area contributed by atoms with Crippen molar-refractivity contribution in [3.8, 4) is 0 Å². The maximum atomic E-state index is 6.45. The number of aryl methyl sites for hydroxylation is 1. The molecule has 0 unspecified atom stereocenters. The highest BCUT2D eigenvalue weighted by atomic mass is 35.5. The van der Waals surface area contributed by atoms with Crippen LogP contribution in [0, 0.1) is 6.92 Å². The van der Waals surface area contributed by atoms with Crippen molar-refractivity contribution >= 4 is 17.3 Å². The maximum Gasteiger partial charge on any atom is 0.0642 e. The van der Waals surface area contributed by atoms with E-state index in [2.05, 4.69) is 35.3 Å². The first kappa shape index (κ1) is 13.3. The van der Waals surface area contributed by atoms with Gasteiger partial charge in [-0.2, -0.15) is 0 Å². The molecule has 1 aromatic carbocycles. The number of rotatable bonds is 1. The van der Waals surface area contributed by atoms with Gasteiger partial charge in [-0.25, -0.2) is 0 Å². The monoisotopic (exact) mass is 278 g/mol. The predicted molar refractivity (Wildman–Crippen MR) is 82.2 cm³/mol. The third-order valence-corrected chi connectivity index (χ3v) is 4.91. The van der Waals surface area contributed by atoms with Crippen LogP contribution in [0.2, 0.25) is 5.02 Å². The molecule has 0 radical (unpaired) electrons. The summed E-state index contributed by atoms with van der Waals surface area (Å²) in [6.45, 7) is 5.45. The molecule has 2 nitrogen and oxygen atoms in total. The van der Waals surface area contributed by atoms with E-state index in [1.807, 2.05) is 0 Å². The third kappa shape index (κ3) is 2.75. The first-order valence-electron chi connectivity index (χ1n) is 7.45. The summed E-state index contributed by atoms with van der Waals surface area (Å²) in [7, 11) is 0. The molecule has 1 spiro atoms. The van der Waals surface area contributed by atoms with Crippen LogP contribution in [0.3, 0.4) is 0 Å². The zero-order valence-corrected chi connectivity index (χ0v) is 12.5. The number of hydrogen-bond acceptors (Lipinski definition) is 2. The van der Waals surface area contributed by atoms with Crippen LogP contribution in [0.5, 0.6) is 0 Å². The molecule has 2 aliphatic rings. The van der Waals surface area contributed by atoms with Crippen molar-refractivity contribution < 1.29 is 0 Å². The highest BCUT2D eigenvalue weighted by molar-refractivity contribution is 6.33. The van der Waals surface area contributed by atoms with Crippen LogP contribution in [0.4, 0.5) is 5.69 Å². The molecule has 3 heteroatoms. The number of anilines is 1. The summed E-state index contributed by atoms with van der Waals surface area (Å²) in [5.74, 6) is 0. The average Bonchev–Trinajstić information content (AvgIpc) is 2.71. The fraction of sp³-hybridized carbons (Fsp3) is 0.625. The Morgan fingerprint density at radius 2 is 2.00 bits per heavy atom. The van der Waals surface area contributed by atoms with Crippen LogP contribution in [0.25, 0.3) is 0 Å². The largest absolute Gasteiger partial charge is 0.368 e. The van der Waals surface area contributed by atoms with E-state index in [0.29, 0.717) is 5.54 Å². The van der Waals surface area contributed by atoms with Gasteiger partial charge in [0.25, 0.3) is 0 Å². The van der Waals surface area contributed by atoms with E-state index in [1.165, 1.54) is 43.4 Å². The van der Waals surface area contributed by atoms with Crippen LogP contribution in [-0.2, 0) is 0 Å². The van der Waals surface area contributed by atoms with Crippen LogP contribution >= 0.6 is 11.6 Å². The van der Waals surface area contributed by atoms with Crippen molar-refractivity contribution in [2.45, 2.75) is 44.6 Å². The number of nitrogens with one attached hydrogen (secondary N) is 1. The molecule has 0 bridgehead atoms. The van der Waals surface area contributed by atoms with E-state index in [9.17, 15) is 0 Å². The van der Waals surface area contributed by atoms with Gasteiger partial charge in [-0.1, -0.05) is 30.5 Å². The SMILES string of the molecule is Cc1ccc(N2CCCNC3(CCCC3)C2)c(Cl)c1. The summed E-state index contributed by atoms with van der Waals surface area (Å²) in [5.41, 5.74) is 2.78. The standard InChI is InChI=1S/C16H23ClN2/c1-13-5-6-15(14(17)11-13)19-10-4-9-18-16(12-19)7-2-3-8-16/h5-6,11,18H,2-4,7-10,12H2,1H3. The van der Waals surface area contributed by atoms with Gasteiger partial charge in [0.1, 0.15) is 0 Å². The van der Waals surface area contributed by atoms with Gasteiger partial charge in [0, 0.05) is 18.6 Å². The molecule has 0 amide bonds. The minimum atomic E-state index is 0.338. The second-order valence-corrected chi connectivity index (χ2v) is 6.55. The fourth-order valence-corrected chi connectivity index (χ4v) is 3.94. The molecule has 1 aliphatic heterocycles. The predicted octanol–water partition coefficient (Wildman–Crippen LogP) is 3.76. The quantitative estimate of drug-likeness (QED) is 0.841. The highest BCUT2D eigenvalue weighted by Crippen LogP contribution is 2.35. The lowest BCUT2D eigenvalue weighted by Crippen LogP contribution is -2.49. The Kier molecular flexibility index (Phi) is 3.72. The summed E-state index contributed by atoms with van der Waals surface area (Å²) < 4.78 is 0. The number of halogens is 1. The summed E-state index contributed by atoms with van der Waals surface area (Å²) in [4.78, 5) is 2.49. The summed E-state index contributed by atoms with van der Waals surface area (Å²) in [5, 5.41) is 4.70. The molecule has 0 atom stereocenters. The van der Waals surface area contributed by atoms with Crippen molar-refractivity contribution in [3.63, 3.8) is 0 Å². The Bertz CT molecular complexity index is 452. The molecule has 1 saturated carbocycles. The molecule has 1 saturated heterocycles. The Labute approximate surface area is 121 Å². The fourth-order valence-electron chi connectivity index (χ4n) is 3.58. The van der Waals surface area contributed by atoms with Crippen molar-refractivity contribution in [1.82, 2.24) is 5.32 Å². The Morgan fingerprint density at radius 1 is 1.21 bits per heavy atom. The Balaban J connectivity index is 1.86. The summed E-state index contributed by atoms with van der Waals surface area (Å²) >= 11 is 6.45. The molecule has 2 fully saturated rings. The second-order valence-electron chi connectivity index (χ2n) is 6.14. The first-order chi connectivity index (χ1) is 9.19. The van der Waals surface area contributed by atoms with Gasteiger partial charge < -0.3 is 10.2 Å². The molecule has 3 rings (SSSR count). The molecule has 0 aromatic heterocycles. The van der Waals surface area contributed by atoms with Crippen molar-refractivity contribution in [2.75, 3.05) is 24.5 Å². The van der Waals surface area contributed by atoms with Gasteiger partial charge in [0.15, 0.2) is 0 Å². The van der Waals surface area contributed by atoms with Crippen LogP contribution < -0.4 is 10.2 Å². The van der Waals surface area contributed by atoms with Crippen LogP contribution in [0.15, 0.2) is 18.2 Å². The molecular formula is C16H23ClN2. The van der Waals surface area contributed by atoms with E-state index in [1.54, 1.807) is 0 Å². The van der Waals surface area contributed by atoms with Gasteiger partial charge in [-0.15, -0.1) is 0 Å². The van der Waals surface area contributed by atoms with E-state index >= 15 is 0 Å². The summed E-state index contributed by atoms with van der Waals surface area (Å²) in [6, 6.07) is 6.43. The van der Waals surface area contributed by atoms with E-state index in [-0.39, 0.29) is 0 Å². The lowest BCUT2D eigenvalue weighted by molar-refractivity contribution is 0.354. The molecule has 104 valence electrons. The third-order valence-electron chi connectivity index (χ3n) is 4.60. The van der Waals surface area contributed by atoms with Crippen molar-refractivity contribution in [2.24, 2.45) is 0 Å². The van der Waals surface area contributed by atoms with E-state index in [0.717, 1.165) is 24.7 Å². The number of benzene rings is 1. The van der Waals surface area contributed by atoms with Gasteiger partial charge in [-0.3, -0.25) is 0 Å². The average molecular weight is 279 g/mol. The Morgan fingerprint density at radius 3 is 2.74 bits per heavy atom. The smallest absolute Gasteiger partial charge is 0.0642 e. The van der Waals surface area contributed by atoms with Gasteiger partial charge in [-0.05, 0) is 50.4 Å². The van der Waals surface area contributed by atoms with Crippen LogP contribution in [-0.4, -0.2) is 25.2 Å². The number of hydrogen-bond donors (Lipinski definition) is 1. The molecule has 1 N–H and O–H groups in total. The van der Waals surface area contributed by atoms with E-state index < -0.39 is 0 Å². The normalized spacial score (nSPS) is 22.7.